The maximum atomic E-state index is 12.6. The van der Waals surface area contributed by atoms with E-state index in [9.17, 15) is 4.79 Å². The minimum Gasteiger partial charge on any atom is -0.494 e. The van der Waals surface area contributed by atoms with E-state index in [0.717, 1.165) is 12.0 Å². The minimum atomic E-state index is -0.181. The van der Waals surface area contributed by atoms with E-state index in [1.165, 1.54) is 0 Å². The van der Waals surface area contributed by atoms with Crippen molar-refractivity contribution in [2.75, 3.05) is 13.7 Å². The van der Waals surface area contributed by atoms with Crippen molar-refractivity contribution >= 4 is 5.91 Å². The number of benzene rings is 2. The van der Waals surface area contributed by atoms with Crippen LogP contribution in [0.4, 0.5) is 0 Å². The average Bonchev–Trinajstić information content (AvgIpc) is 2.66. The second kappa shape index (κ2) is 9.86. The Kier molecular flexibility index (Phi) is 7.53. The number of carbonyl (C=O) groups is 1. The van der Waals surface area contributed by atoms with Crippen LogP contribution in [0, 0.1) is 0 Å². The maximum Gasteiger partial charge on any atom is 0.251 e. The monoisotopic (exact) mass is 371 g/mol. The zero-order valence-corrected chi connectivity index (χ0v) is 16.7. The van der Waals surface area contributed by atoms with Gasteiger partial charge in [-0.25, -0.2) is 0 Å². The van der Waals surface area contributed by atoms with Gasteiger partial charge in [0.1, 0.15) is 5.75 Å². The summed E-state index contributed by atoms with van der Waals surface area (Å²) < 4.78 is 16.8. The van der Waals surface area contributed by atoms with Crippen LogP contribution in [0.3, 0.4) is 0 Å². The lowest BCUT2D eigenvalue weighted by molar-refractivity contribution is 0.0939. The van der Waals surface area contributed by atoms with Crippen LogP contribution in [0.1, 0.15) is 56.1 Å². The zero-order chi connectivity index (χ0) is 19.8. The standard InChI is InChI=1S/C22H29NO4/c1-6-12-26-19-9-7-8-18(13-19)22(24)23-16(4)17-10-11-20(27-15(2)3)21(14-17)25-5/h7-11,13-16H,6,12H2,1-5H3,(H,23,24). The number of methoxy groups -OCH3 is 1. The van der Waals surface area contributed by atoms with Crippen LogP contribution in [-0.4, -0.2) is 25.7 Å². The summed E-state index contributed by atoms with van der Waals surface area (Å²) in [6.45, 7) is 8.55. The van der Waals surface area contributed by atoms with Crippen molar-refractivity contribution in [1.29, 1.82) is 0 Å². The number of hydrogen-bond donors (Lipinski definition) is 1. The van der Waals surface area contributed by atoms with E-state index in [1.54, 1.807) is 19.2 Å². The van der Waals surface area contributed by atoms with Gasteiger partial charge in [0.15, 0.2) is 11.5 Å². The number of carbonyl (C=O) groups excluding carboxylic acids is 1. The van der Waals surface area contributed by atoms with E-state index in [2.05, 4.69) is 5.32 Å². The molecule has 0 radical (unpaired) electrons. The molecule has 0 aliphatic carbocycles. The molecular weight excluding hydrogens is 342 g/mol. The highest BCUT2D eigenvalue weighted by Crippen LogP contribution is 2.31. The first kappa shape index (κ1) is 20.6. The Labute approximate surface area is 161 Å². The van der Waals surface area contributed by atoms with E-state index in [-0.39, 0.29) is 18.1 Å². The molecule has 0 saturated carbocycles. The Hall–Kier alpha value is -2.69. The fourth-order valence-corrected chi connectivity index (χ4v) is 2.62. The second-order valence-electron chi connectivity index (χ2n) is 6.65. The maximum absolute atomic E-state index is 12.6. The summed E-state index contributed by atoms with van der Waals surface area (Å²) in [5, 5.41) is 3.02. The number of ether oxygens (including phenoxy) is 3. The number of rotatable bonds is 9. The molecule has 2 rings (SSSR count). The first-order chi connectivity index (χ1) is 12.9. The van der Waals surface area contributed by atoms with Crippen molar-refractivity contribution in [1.82, 2.24) is 5.32 Å². The quantitative estimate of drug-likeness (QED) is 0.690. The Morgan fingerprint density at radius 3 is 2.52 bits per heavy atom. The average molecular weight is 371 g/mol. The predicted molar refractivity (Wildman–Crippen MR) is 107 cm³/mol. The van der Waals surface area contributed by atoms with Gasteiger partial charge < -0.3 is 19.5 Å². The van der Waals surface area contributed by atoms with Gasteiger partial charge >= 0.3 is 0 Å². The number of amides is 1. The molecule has 5 nitrogen and oxygen atoms in total. The van der Waals surface area contributed by atoms with Crippen LogP contribution >= 0.6 is 0 Å². The Morgan fingerprint density at radius 1 is 1.07 bits per heavy atom. The van der Waals surface area contributed by atoms with Crippen LogP contribution in [0.2, 0.25) is 0 Å². The zero-order valence-electron chi connectivity index (χ0n) is 16.7. The summed E-state index contributed by atoms with van der Waals surface area (Å²) in [4.78, 5) is 12.6. The molecule has 1 N–H and O–H groups in total. The fraction of sp³-hybridized carbons (Fsp3) is 0.409. The largest absolute Gasteiger partial charge is 0.494 e. The molecular formula is C22H29NO4. The summed E-state index contributed by atoms with van der Waals surface area (Å²) in [7, 11) is 1.61. The van der Waals surface area contributed by atoms with Gasteiger partial charge in [-0.1, -0.05) is 19.1 Å². The predicted octanol–water partition coefficient (Wildman–Crippen LogP) is 4.76. The normalized spacial score (nSPS) is 11.8. The van der Waals surface area contributed by atoms with Crippen molar-refractivity contribution in [3.63, 3.8) is 0 Å². The molecule has 1 unspecified atom stereocenters. The third kappa shape index (κ3) is 5.91. The molecule has 0 saturated heterocycles. The lowest BCUT2D eigenvalue weighted by Gasteiger charge is -2.18. The van der Waals surface area contributed by atoms with Crippen LogP contribution in [0.5, 0.6) is 17.2 Å². The molecule has 27 heavy (non-hydrogen) atoms. The summed E-state index contributed by atoms with van der Waals surface area (Å²) in [5.41, 5.74) is 1.51. The van der Waals surface area contributed by atoms with Gasteiger partial charge in [-0.15, -0.1) is 0 Å². The molecule has 1 amide bonds. The molecule has 0 aliphatic rings. The first-order valence-electron chi connectivity index (χ1n) is 9.33. The van der Waals surface area contributed by atoms with Gasteiger partial charge in [0.05, 0.1) is 25.9 Å². The SMILES string of the molecule is CCCOc1cccc(C(=O)NC(C)c2ccc(OC(C)C)c(OC)c2)c1. The number of nitrogens with one attached hydrogen (secondary N) is 1. The van der Waals surface area contributed by atoms with Gasteiger partial charge in [0.25, 0.3) is 5.91 Å². The summed E-state index contributed by atoms with van der Waals surface area (Å²) >= 11 is 0. The minimum absolute atomic E-state index is 0.0593. The van der Waals surface area contributed by atoms with Gasteiger partial charge in [-0.3, -0.25) is 4.79 Å². The van der Waals surface area contributed by atoms with Crippen LogP contribution < -0.4 is 19.5 Å². The molecule has 0 fully saturated rings. The van der Waals surface area contributed by atoms with E-state index < -0.39 is 0 Å². The summed E-state index contributed by atoms with van der Waals surface area (Å²) in [6, 6.07) is 12.7. The van der Waals surface area contributed by atoms with E-state index in [4.69, 9.17) is 14.2 Å². The third-order valence-electron chi connectivity index (χ3n) is 3.97. The van der Waals surface area contributed by atoms with E-state index >= 15 is 0 Å². The van der Waals surface area contributed by atoms with Gasteiger partial charge in [-0.05, 0) is 63.1 Å². The van der Waals surface area contributed by atoms with Crippen molar-refractivity contribution in [3.05, 3.63) is 53.6 Å². The highest BCUT2D eigenvalue weighted by molar-refractivity contribution is 5.94. The van der Waals surface area contributed by atoms with Crippen molar-refractivity contribution in [2.24, 2.45) is 0 Å². The molecule has 0 spiro atoms. The molecule has 2 aromatic carbocycles. The van der Waals surface area contributed by atoms with E-state index in [0.29, 0.717) is 29.4 Å². The third-order valence-corrected chi connectivity index (χ3v) is 3.97. The van der Waals surface area contributed by atoms with E-state index in [1.807, 2.05) is 58.0 Å². The lowest BCUT2D eigenvalue weighted by Crippen LogP contribution is -2.26. The lowest BCUT2D eigenvalue weighted by atomic mass is 10.1. The van der Waals surface area contributed by atoms with Crippen molar-refractivity contribution < 1.29 is 19.0 Å². The molecule has 1 atom stereocenters. The number of hydrogen-bond acceptors (Lipinski definition) is 4. The molecule has 2 aromatic rings. The molecule has 146 valence electrons. The van der Waals surface area contributed by atoms with Gasteiger partial charge in [0.2, 0.25) is 0 Å². The molecule has 0 heterocycles. The summed E-state index contributed by atoms with van der Waals surface area (Å²) in [6.07, 6.45) is 0.982. The van der Waals surface area contributed by atoms with Gasteiger partial charge in [0, 0.05) is 5.56 Å². The molecule has 5 heteroatoms. The highest BCUT2D eigenvalue weighted by Gasteiger charge is 2.15. The molecule has 0 aliphatic heterocycles. The van der Waals surface area contributed by atoms with Crippen molar-refractivity contribution in [3.8, 4) is 17.2 Å². The fourth-order valence-electron chi connectivity index (χ4n) is 2.62. The Bertz CT molecular complexity index is 758. The molecule has 0 aromatic heterocycles. The van der Waals surface area contributed by atoms with Crippen LogP contribution in [0.15, 0.2) is 42.5 Å². The first-order valence-corrected chi connectivity index (χ1v) is 9.33. The second-order valence-corrected chi connectivity index (χ2v) is 6.65. The Morgan fingerprint density at radius 2 is 1.85 bits per heavy atom. The molecule has 0 bridgehead atoms. The van der Waals surface area contributed by atoms with Gasteiger partial charge in [-0.2, -0.15) is 0 Å². The Balaban J connectivity index is 2.10. The summed E-state index contributed by atoms with van der Waals surface area (Å²) in [5.74, 6) is 1.90. The van der Waals surface area contributed by atoms with Crippen molar-refractivity contribution in [2.45, 2.75) is 46.3 Å². The smallest absolute Gasteiger partial charge is 0.251 e. The van der Waals surface area contributed by atoms with Crippen LogP contribution in [0.25, 0.3) is 0 Å². The highest BCUT2D eigenvalue weighted by atomic mass is 16.5. The van der Waals surface area contributed by atoms with Crippen LogP contribution in [-0.2, 0) is 0 Å². The topological polar surface area (TPSA) is 56.8 Å².